The van der Waals surface area contributed by atoms with Gasteiger partial charge < -0.3 is 19.2 Å². The van der Waals surface area contributed by atoms with E-state index in [4.69, 9.17) is 20.8 Å². The first-order valence-corrected chi connectivity index (χ1v) is 10.7. The molecule has 156 valence electrons. The minimum absolute atomic E-state index is 0.127. The summed E-state index contributed by atoms with van der Waals surface area (Å²) in [6, 6.07) is 4.74. The molecular weight excluding hydrogens is 394 g/mol. The molecule has 1 N–H and O–H groups in total. The van der Waals surface area contributed by atoms with Gasteiger partial charge in [-0.2, -0.15) is 0 Å². The monoisotopic (exact) mass is 419 g/mol. The van der Waals surface area contributed by atoms with Gasteiger partial charge in [0.05, 0.1) is 10.6 Å². The van der Waals surface area contributed by atoms with E-state index in [-0.39, 0.29) is 18.4 Å². The van der Waals surface area contributed by atoms with Crippen LogP contribution in [0.1, 0.15) is 44.6 Å². The maximum atomic E-state index is 12.7. The Kier molecular flexibility index (Phi) is 5.58. The molecule has 2 atom stereocenters. The largest absolute Gasteiger partial charge is 0.482 e. The zero-order chi connectivity index (χ0) is 20.6. The SMILES string of the molecule is CCc1cc(=O)oc2cc(OCC(=O)N3CC[C@@]4(O)CCCC[C@H]4C3)c(Cl)cc12. The second kappa shape index (κ2) is 8.00. The molecule has 1 saturated carbocycles. The number of likely N-dealkylation sites (tertiary alicyclic amines) is 1. The van der Waals surface area contributed by atoms with Gasteiger partial charge in [0.1, 0.15) is 11.3 Å². The Labute approximate surface area is 174 Å². The first kappa shape index (κ1) is 20.2. The standard InChI is InChI=1S/C22H26ClNO5/c1-2-14-9-21(26)29-18-11-19(17(23)10-16(14)18)28-13-20(25)24-8-7-22(27)6-4-3-5-15(22)12-24/h9-11,15,27H,2-8,12-13H2,1H3/t15-,22-/m0/s1. The van der Waals surface area contributed by atoms with Crippen molar-refractivity contribution in [2.45, 2.75) is 51.0 Å². The van der Waals surface area contributed by atoms with Crippen LogP contribution in [0.2, 0.25) is 5.02 Å². The molecule has 2 aromatic rings. The van der Waals surface area contributed by atoms with Crippen LogP contribution in [0.25, 0.3) is 11.0 Å². The van der Waals surface area contributed by atoms with Crippen LogP contribution < -0.4 is 10.4 Å². The minimum atomic E-state index is -0.619. The van der Waals surface area contributed by atoms with Gasteiger partial charge in [-0.15, -0.1) is 0 Å². The highest BCUT2D eigenvalue weighted by Crippen LogP contribution is 2.40. The van der Waals surface area contributed by atoms with Crippen molar-refractivity contribution in [3.63, 3.8) is 0 Å². The van der Waals surface area contributed by atoms with Crippen LogP contribution in [0.5, 0.6) is 5.75 Å². The highest BCUT2D eigenvalue weighted by atomic mass is 35.5. The fraction of sp³-hybridized carbons (Fsp3) is 0.545. The van der Waals surface area contributed by atoms with Gasteiger partial charge in [-0.3, -0.25) is 4.79 Å². The minimum Gasteiger partial charge on any atom is -0.482 e. The van der Waals surface area contributed by atoms with E-state index in [2.05, 4.69) is 0 Å². The number of benzene rings is 1. The molecular formula is C22H26ClNO5. The number of carbonyl (C=O) groups excluding carboxylic acids is 1. The van der Waals surface area contributed by atoms with E-state index in [1.807, 2.05) is 6.92 Å². The number of piperidine rings is 1. The summed E-state index contributed by atoms with van der Waals surface area (Å²) < 4.78 is 11.0. The van der Waals surface area contributed by atoms with Crippen molar-refractivity contribution in [3.05, 3.63) is 39.2 Å². The molecule has 7 heteroatoms. The predicted molar refractivity (Wildman–Crippen MR) is 110 cm³/mol. The summed E-state index contributed by atoms with van der Waals surface area (Å²) in [5.74, 6) is 0.326. The van der Waals surface area contributed by atoms with Gasteiger partial charge in [-0.25, -0.2) is 4.79 Å². The van der Waals surface area contributed by atoms with Crippen LogP contribution in [0.3, 0.4) is 0 Å². The van der Waals surface area contributed by atoms with Crippen molar-refractivity contribution in [2.24, 2.45) is 5.92 Å². The normalized spacial score (nSPS) is 24.4. The molecule has 2 aliphatic rings. The molecule has 0 spiro atoms. The molecule has 4 rings (SSSR count). The van der Waals surface area contributed by atoms with Crippen molar-refractivity contribution >= 4 is 28.5 Å². The van der Waals surface area contributed by atoms with E-state index in [9.17, 15) is 14.7 Å². The fourth-order valence-electron chi connectivity index (χ4n) is 4.66. The van der Waals surface area contributed by atoms with Crippen molar-refractivity contribution < 1.29 is 19.1 Å². The summed E-state index contributed by atoms with van der Waals surface area (Å²) in [6.45, 7) is 2.92. The third-order valence-electron chi connectivity index (χ3n) is 6.40. The molecule has 1 amide bonds. The first-order chi connectivity index (χ1) is 13.9. The lowest BCUT2D eigenvalue weighted by Crippen LogP contribution is -2.55. The Morgan fingerprint density at radius 3 is 2.97 bits per heavy atom. The zero-order valence-corrected chi connectivity index (χ0v) is 17.3. The van der Waals surface area contributed by atoms with Crippen molar-refractivity contribution in [1.82, 2.24) is 4.90 Å². The maximum Gasteiger partial charge on any atom is 0.336 e. The molecule has 0 bridgehead atoms. The Balaban J connectivity index is 1.46. The molecule has 0 unspecified atom stereocenters. The third-order valence-corrected chi connectivity index (χ3v) is 6.69. The van der Waals surface area contributed by atoms with Crippen molar-refractivity contribution in [1.29, 1.82) is 0 Å². The van der Waals surface area contributed by atoms with Crippen LogP contribution in [-0.4, -0.2) is 41.2 Å². The lowest BCUT2D eigenvalue weighted by Gasteiger charge is -2.47. The maximum absolute atomic E-state index is 12.7. The number of ether oxygens (including phenoxy) is 1. The van der Waals surface area contributed by atoms with Gasteiger partial charge in [0.15, 0.2) is 6.61 Å². The lowest BCUT2D eigenvalue weighted by atomic mass is 9.71. The van der Waals surface area contributed by atoms with Gasteiger partial charge in [0.2, 0.25) is 0 Å². The molecule has 1 aliphatic carbocycles. The smallest absolute Gasteiger partial charge is 0.336 e. The zero-order valence-electron chi connectivity index (χ0n) is 16.6. The molecule has 1 aromatic carbocycles. The molecule has 2 heterocycles. The number of carbonyl (C=O) groups is 1. The summed E-state index contributed by atoms with van der Waals surface area (Å²) in [7, 11) is 0. The van der Waals surface area contributed by atoms with E-state index in [0.717, 1.165) is 36.6 Å². The van der Waals surface area contributed by atoms with Crippen molar-refractivity contribution in [3.8, 4) is 5.75 Å². The number of aryl methyl sites for hydroxylation is 1. The Morgan fingerprint density at radius 2 is 2.17 bits per heavy atom. The number of fused-ring (bicyclic) bond motifs is 2. The third kappa shape index (κ3) is 4.01. The number of aliphatic hydroxyl groups is 1. The van der Waals surface area contributed by atoms with E-state index in [1.54, 1.807) is 17.0 Å². The average molecular weight is 420 g/mol. The second-order valence-electron chi connectivity index (χ2n) is 8.15. The van der Waals surface area contributed by atoms with Crippen LogP contribution in [-0.2, 0) is 11.2 Å². The summed E-state index contributed by atoms with van der Waals surface area (Å²) in [6.07, 6.45) is 5.23. The number of rotatable bonds is 4. The summed E-state index contributed by atoms with van der Waals surface area (Å²) >= 11 is 6.35. The number of amides is 1. The van der Waals surface area contributed by atoms with E-state index >= 15 is 0 Å². The summed E-state index contributed by atoms with van der Waals surface area (Å²) in [4.78, 5) is 26.2. The molecule has 2 fully saturated rings. The second-order valence-corrected chi connectivity index (χ2v) is 8.55. The number of hydrogen-bond acceptors (Lipinski definition) is 5. The number of nitrogens with zero attached hydrogens (tertiary/aromatic N) is 1. The van der Waals surface area contributed by atoms with Crippen LogP contribution >= 0.6 is 11.6 Å². The van der Waals surface area contributed by atoms with Gasteiger partial charge >= 0.3 is 5.63 Å². The molecule has 6 nitrogen and oxygen atoms in total. The number of halogens is 1. The van der Waals surface area contributed by atoms with E-state index < -0.39 is 11.2 Å². The van der Waals surface area contributed by atoms with Gasteiger partial charge in [-0.1, -0.05) is 31.4 Å². The summed E-state index contributed by atoms with van der Waals surface area (Å²) in [5.41, 5.74) is 0.207. The topological polar surface area (TPSA) is 80.0 Å². The van der Waals surface area contributed by atoms with Crippen LogP contribution in [0.15, 0.2) is 27.4 Å². The Hall–Kier alpha value is -2.05. The van der Waals surface area contributed by atoms with Crippen molar-refractivity contribution in [2.75, 3.05) is 19.7 Å². The number of hydrogen-bond donors (Lipinski definition) is 1. The van der Waals surface area contributed by atoms with Crippen LogP contribution in [0, 0.1) is 5.92 Å². The molecule has 0 radical (unpaired) electrons. The van der Waals surface area contributed by atoms with Gasteiger partial charge in [0, 0.05) is 36.5 Å². The molecule has 1 aromatic heterocycles. The molecule has 1 aliphatic heterocycles. The average Bonchev–Trinajstić information content (AvgIpc) is 2.71. The predicted octanol–water partition coefficient (Wildman–Crippen LogP) is 3.54. The highest BCUT2D eigenvalue weighted by molar-refractivity contribution is 6.32. The molecule has 1 saturated heterocycles. The Morgan fingerprint density at radius 1 is 1.34 bits per heavy atom. The van der Waals surface area contributed by atoms with E-state index in [0.29, 0.717) is 42.3 Å². The van der Waals surface area contributed by atoms with Crippen LogP contribution in [0.4, 0.5) is 0 Å². The lowest BCUT2D eigenvalue weighted by molar-refractivity contribution is -0.145. The fourth-order valence-corrected chi connectivity index (χ4v) is 4.88. The highest BCUT2D eigenvalue weighted by Gasteiger charge is 2.43. The first-order valence-electron chi connectivity index (χ1n) is 10.3. The van der Waals surface area contributed by atoms with E-state index in [1.165, 1.54) is 6.07 Å². The molecule has 29 heavy (non-hydrogen) atoms. The van der Waals surface area contributed by atoms with Gasteiger partial charge in [-0.05, 0) is 37.3 Å². The quantitative estimate of drug-likeness (QED) is 0.766. The Bertz CT molecular complexity index is 987. The van der Waals surface area contributed by atoms with Gasteiger partial charge in [0.25, 0.3) is 5.91 Å². The summed E-state index contributed by atoms with van der Waals surface area (Å²) in [5, 5.41) is 11.9.